The summed E-state index contributed by atoms with van der Waals surface area (Å²) in [6.07, 6.45) is 2.67. The number of anilines is 1. The molecular weight excluding hydrogens is 278 g/mol. The molecule has 0 spiro atoms. The van der Waals surface area contributed by atoms with Crippen LogP contribution in [0.15, 0.2) is 24.3 Å². The topological polar surface area (TPSA) is 75.4 Å². The monoisotopic (exact) mass is 297 g/mol. The van der Waals surface area contributed by atoms with E-state index in [-0.39, 0.29) is 30.8 Å². The maximum absolute atomic E-state index is 11.8. The maximum atomic E-state index is 11.8. The minimum Gasteiger partial charge on any atom is -0.351 e. The summed E-state index contributed by atoms with van der Waals surface area (Å²) >= 11 is 0. The Labute approximate surface area is 124 Å². The lowest BCUT2D eigenvalue weighted by Crippen LogP contribution is -2.35. The van der Waals surface area contributed by atoms with Gasteiger partial charge in [0, 0.05) is 25.2 Å². The molecule has 0 aromatic heterocycles. The van der Waals surface area contributed by atoms with Crippen molar-refractivity contribution in [3.8, 4) is 0 Å². The highest BCUT2D eigenvalue weighted by Gasteiger charge is 2.19. The van der Waals surface area contributed by atoms with Gasteiger partial charge in [-0.15, -0.1) is 12.4 Å². The third kappa shape index (κ3) is 4.21. The van der Waals surface area contributed by atoms with Crippen LogP contribution in [0.4, 0.5) is 5.69 Å². The highest BCUT2D eigenvalue weighted by atomic mass is 35.5. The Balaban J connectivity index is 0.00000200. The molecular formula is C14H20ClN3O2. The van der Waals surface area contributed by atoms with Crippen LogP contribution in [0.1, 0.15) is 24.8 Å². The second kappa shape index (κ2) is 7.87. The number of amides is 2. The molecule has 0 radical (unpaired) electrons. The van der Waals surface area contributed by atoms with Crippen LogP contribution in [0.3, 0.4) is 0 Å². The van der Waals surface area contributed by atoms with Crippen LogP contribution >= 0.6 is 12.4 Å². The fraction of sp³-hybridized carbons (Fsp3) is 0.429. The Morgan fingerprint density at radius 3 is 2.55 bits per heavy atom. The van der Waals surface area contributed by atoms with Gasteiger partial charge in [-0.3, -0.25) is 9.59 Å². The number of benzene rings is 1. The quantitative estimate of drug-likeness (QED) is 0.877. The van der Waals surface area contributed by atoms with Crippen molar-refractivity contribution in [1.29, 1.82) is 0 Å². The van der Waals surface area contributed by atoms with Gasteiger partial charge < -0.3 is 16.0 Å². The summed E-state index contributed by atoms with van der Waals surface area (Å²) in [4.78, 5) is 24.7. The molecule has 1 aromatic rings. The van der Waals surface area contributed by atoms with E-state index in [9.17, 15) is 9.59 Å². The standard InChI is InChI=1S/C14H19N3O2.ClH/c15-9-13(18)16-10-11-4-6-12(7-5-11)17-8-2-1-3-14(17)19;/h4-7H,1-3,8-10,15H2,(H,16,18);1H. The summed E-state index contributed by atoms with van der Waals surface area (Å²) < 4.78 is 0. The fourth-order valence-corrected chi connectivity index (χ4v) is 2.15. The molecule has 2 amide bonds. The lowest BCUT2D eigenvalue weighted by atomic mass is 10.1. The molecule has 1 aliphatic heterocycles. The van der Waals surface area contributed by atoms with Gasteiger partial charge >= 0.3 is 0 Å². The third-order valence-corrected chi connectivity index (χ3v) is 3.25. The SMILES string of the molecule is Cl.NCC(=O)NCc1ccc(N2CCCCC2=O)cc1. The van der Waals surface area contributed by atoms with Gasteiger partial charge in [0.05, 0.1) is 6.54 Å². The molecule has 5 nitrogen and oxygen atoms in total. The number of carbonyl (C=O) groups excluding carboxylic acids is 2. The van der Waals surface area contributed by atoms with Gasteiger partial charge in [-0.25, -0.2) is 0 Å². The first-order valence-electron chi connectivity index (χ1n) is 6.57. The van der Waals surface area contributed by atoms with E-state index in [1.165, 1.54) is 0 Å². The summed E-state index contributed by atoms with van der Waals surface area (Å²) in [6, 6.07) is 7.70. The average Bonchev–Trinajstić information content (AvgIpc) is 2.46. The third-order valence-electron chi connectivity index (χ3n) is 3.25. The van der Waals surface area contributed by atoms with Crippen LogP contribution in [0.2, 0.25) is 0 Å². The van der Waals surface area contributed by atoms with Crippen LogP contribution < -0.4 is 16.0 Å². The zero-order chi connectivity index (χ0) is 13.7. The Kier molecular flexibility index (Phi) is 6.48. The molecule has 0 bridgehead atoms. The Morgan fingerprint density at radius 1 is 1.25 bits per heavy atom. The van der Waals surface area contributed by atoms with Gasteiger partial charge in [-0.05, 0) is 30.5 Å². The summed E-state index contributed by atoms with van der Waals surface area (Å²) in [5, 5.41) is 2.71. The molecule has 0 atom stereocenters. The minimum absolute atomic E-state index is 0. The van der Waals surface area contributed by atoms with E-state index < -0.39 is 0 Å². The number of nitrogens with one attached hydrogen (secondary N) is 1. The molecule has 1 saturated heterocycles. The Bertz CT molecular complexity index is 462. The Hall–Kier alpha value is -1.59. The van der Waals surface area contributed by atoms with Crippen molar-refractivity contribution < 1.29 is 9.59 Å². The number of nitrogens with zero attached hydrogens (tertiary/aromatic N) is 1. The van der Waals surface area contributed by atoms with Crippen molar-refractivity contribution >= 4 is 29.9 Å². The fourth-order valence-electron chi connectivity index (χ4n) is 2.15. The van der Waals surface area contributed by atoms with Gasteiger partial charge in [0.1, 0.15) is 0 Å². The highest BCUT2D eigenvalue weighted by molar-refractivity contribution is 5.93. The Morgan fingerprint density at radius 2 is 1.95 bits per heavy atom. The summed E-state index contributed by atoms with van der Waals surface area (Å²) in [7, 11) is 0. The van der Waals surface area contributed by atoms with Crippen LogP contribution in [0.5, 0.6) is 0 Å². The molecule has 0 unspecified atom stereocenters. The first-order chi connectivity index (χ1) is 9.20. The van der Waals surface area contributed by atoms with E-state index in [0.717, 1.165) is 30.6 Å². The van der Waals surface area contributed by atoms with Crippen LogP contribution in [0, 0.1) is 0 Å². The molecule has 2 rings (SSSR count). The molecule has 20 heavy (non-hydrogen) atoms. The predicted octanol–water partition coefficient (Wildman–Crippen LogP) is 1.20. The van der Waals surface area contributed by atoms with Gasteiger partial charge in [0.2, 0.25) is 11.8 Å². The molecule has 0 saturated carbocycles. The first kappa shape index (κ1) is 16.5. The number of carbonyl (C=O) groups is 2. The van der Waals surface area contributed by atoms with Crippen LogP contribution in [0.25, 0.3) is 0 Å². The second-order valence-electron chi connectivity index (χ2n) is 4.65. The van der Waals surface area contributed by atoms with Crippen molar-refractivity contribution in [2.45, 2.75) is 25.8 Å². The van der Waals surface area contributed by atoms with E-state index in [2.05, 4.69) is 5.32 Å². The molecule has 1 fully saturated rings. The van der Waals surface area contributed by atoms with Crippen molar-refractivity contribution in [3.63, 3.8) is 0 Å². The first-order valence-corrected chi connectivity index (χ1v) is 6.57. The molecule has 1 heterocycles. The summed E-state index contributed by atoms with van der Waals surface area (Å²) in [5.74, 6) is 0.0192. The van der Waals surface area contributed by atoms with E-state index >= 15 is 0 Å². The maximum Gasteiger partial charge on any atom is 0.234 e. The van der Waals surface area contributed by atoms with Crippen molar-refractivity contribution in [2.75, 3.05) is 18.0 Å². The number of hydrogen-bond acceptors (Lipinski definition) is 3. The van der Waals surface area contributed by atoms with Gasteiger partial charge in [0.25, 0.3) is 0 Å². The highest BCUT2D eigenvalue weighted by Crippen LogP contribution is 2.21. The number of nitrogens with two attached hydrogens (primary N) is 1. The molecule has 110 valence electrons. The number of halogens is 1. The normalized spacial score (nSPS) is 14.7. The predicted molar refractivity (Wildman–Crippen MR) is 80.8 cm³/mol. The molecule has 3 N–H and O–H groups in total. The van der Waals surface area contributed by atoms with Crippen molar-refractivity contribution in [1.82, 2.24) is 5.32 Å². The number of hydrogen-bond donors (Lipinski definition) is 2. The van der Waals surface area contributed by atoms with E-state index in [0.29, 0.717) is 13.0 Å². The largest absolute Gasteiger partial charge is 0.351 e. The van der Waals surface area contributed by atoms with Gasteiger partial charge in [-0.1, -0.05) is 12.1 Å². The molecule has 1 aliphatic rings. The second-order valence-corrected chi connectivity index (χ2v) is 4.65. The van der Waals surface area contributed by atoms with Gasteiger partial charge in [-0.2, -0.15) is 0 Å². The average molecular weight is 298 g/mol. The van der Waals surface area contributed by atoms with Crippen molar-refractivity contribution in [2.24, 2.45) is 5.73 Å². The van der Waals surface area contributed by atoms with Gasteiger partial charge in [0.15, 0.2) is 0 Å². The minimum atomic E-state index is -0.171. The zero-order valence-corrected chi connectivity index (χ0v) is 12.1. The lowest BCUT2D eigenvalue weighted by Gasteiger charge is -2.26. The van der Waals surface area contributed by atoms with Crippen LogP contribution in [-0.2, 0) is 16.1 Å². The van der Waals surface area contributed by atoms with E-state index in [1.807, 2.05) is 29.2 Å². The van der Waals surface area contributed by atoms with Crippen LogP contribution in [-0.4, -0.2) is 24.9 Å². The summed E-state index contributed by atoms with van der Waals surface area (Å²) in [5.41, 5.74) is 7.14. The molecule has 0 aliphatic carbocycles. The van der Waals surface area contributed by atoms with E-state index in [4.69, 9.17) is 5.73 Å². The molecule has 6 heteroatoms. The summed E-state index contributed by atoms with van der Waals surface area (Å²) in [6.45, 7) is 1.26. The lowest BCUT2D eigenvalue weighted by molar-refractivity contribution is -0.120. The number of piperidine rings is 1. The smallest absolute Gasteiger partial charge is 0.234 e. The number of rotatable bonds is 4. The zero-order valence-electron chi connectivity index (χ0n) is 11.3. The molecule has 1 aromatic carbocycles. The van der Waals surface area contributed by atoms with E-state index in [1.54, 1.807) is 0 Å². The van der Waals surface area contributed by atoms with Crippen molar-refractivity contribution in [3.05, 3.63) is 29.8 Å².